The van der Waals surface area contributed by atoms with Gasteiger partial charge in [0.05, 0.1) is 16.2 Å². The number of carbonyl (C=O) groups excluding carboxylic acids is 1. The molecule has 1 N–H and O–H groups in total. The van der Waals surface area contributed by atoms with E-state index >= 15 is 0 Å². The average molecular weight is 243 g/mol. The van der Waals surface area contributed by atoms with E-state index in [1.54, 1.807) is 13.0 Å². The average Bonchev–Trinajstić information content (AvgIpc) is 2.13. The van der Waals surface area contributed by atoms with E-state index in [-0.39, 0.29) is 0 Å². The number of halogens is 1. The van der Waals surface area contributed by atoms with Crippen LogP contribution in [0.15, 0.2) is 12.3 Å². The number of hydroxylamine groups is 1. The van der Waals surface area contributed by atoms with Crippen LogP contribution in [0.25, 0.3) is 0 Å². The lowest BCUT2D eigenvalue weighted by molar-refractivity contribution is -0.0589. The van der Waals surface area contributed by atoms with Crippen molar-refractivity contribution in [3.8, 4) is 0 Å². The van der Waals surface area contributed by atoms with Crippen LogP contribution in [0.4, 0.5) is 0 Å². The fourth-order valence-electron chi connectivity index (χ4n) is 0.948. The quantitative estimate of drug-likeness (QED) is 0.811. The Bertz CT molecular complexity index is 399. The lowest BCUT2D eigenvalue weighted by Gasteiger charge is -2.19. The molecule has 1 aromatic heterocycles. The molecule has 0 unspecified atom stereocenters. The molecule has 5 heteroatoms. The van der Waals surface area contributed by atoms with Crippen LogP contribution in [0.1, 0.15) is 36.8 Å². The molecule has 4 nitrogen and oxygen atoms in total. The summed E-state index contributed by atoms with van der Waals surface area (Å²) >= 11 is 5.92. The van der Waals surface area contributed by atoms with Crippen LogP contribution < -0.4 is 5.48 Å². The summed E-state index contributed by atoms with van der Waals surface area (Å²) in [7, 11) is 0. The number of nitrogens with zero attached hydrogens (tertiary/aromatic N) is 1. The van der Waals surface area contributed by atoms with Crippen molar-refractivity contribution in [3.05, 3.63) is 28.5 Å². The van der Waals surface area contributed by atoms with Crippen molar-refractivity contribution in [1.82, 2.24) is 10.5 Å². The summed E-state index contributed by atoms with van der Waals surface area (Å²) in [6.07, 6.45) is 1.43. The number of hydrogen-bond acceptors (Lipinski definition) is 3. The zero-order valence-electron chi connectivity index (χ0n) is 9.80. The van der Waals surface area contributed by atoms with E-state index in [9.17, 15) is 4.79 Å². The largest absolute Gasteiger partial charge is 0.277 e. The number of rotatable bonds is 2. The Morgan fingerprint density at radius 3 is 2.62 bits per heavy atom. The molecule has 0 aliphatic carbocycles. The van der Waals surface area contributed by atoms with Gasteiger partial charge in [-0.2, -0.15) is 0 Å². The van der Waals surface area contributed by atoms with Crippen molar-refractivity contribution >= 4 is 17.5 Å². The molecule has 0 fully saturated rings. The molecular weight excluding hydrogens is 228 g/mol. The Hall–Kier alpha value is -1.13. The maximum absolute atomic E-state index is 11.7. The normalized spacial score (nSPS) is 11.3. The second-order valence-electron chi connectivity index (χ2n) is 4.45. The van der Waals surface area contributed by atoms with Gasteiger partial charge >= 0.3 is 0 Å². The van der Waals surface area contributed by atoms with Gasteiger partial charge in [-0.3, -0.25) is 14.6 Å². The van der Waals surface area contributed by atoms with Gasteiger partial charge < -0.3 is 0 Å². The maximum atomic E-state index is 11.7. The zero-order chi connectivity index (χ0) is 12.3. The molecule has 1 rings (SSSR count). The second-order valence-corrected chi connectivity index (χ2v) is 4.86. The van der Waals surface area contributed by atoms with E-state index in [2.05, 4.69) is 10.5 Å². The van der Waals surface area contributed by atoms with Gasteiger partial charge in [0.25, 0.3) is 5.91 Å². The Morgan fingerprint density at radius 1 is 1.50 bits per heavy atom. The number of carbonyl (C=O) groups is 1. The molecule has 16 heavy (non-hydrogen) atoms. The highest BCUT2D eigenvalue weighted by Crippen LogP contribution is 2.15. The molecular formula is C11H15ClN2O2. The van der Waals surface area contributed by atoms with Gasteiger partial charge in [-0.05, 0) is 33.8 Å². The molecule has 0 aliphatic rings. The van der Waals surface area contributed by atoms with E-state index in [0.29, 0.717) is 10.6 Å². The first-order valence-electron chi connectivity index (χ1n) is 4.90. The number of aryl methyl sites for hydroxylation is 1. The lowest BCUT2D eigenvalue weighted by atomic mass is 10.2. The van der Waals surface area contributed by atoms with Crippen LogP contribution in [-0.2, 0) is 4.84 Å². The summed E-state index contributed by atoms with van der Waals surface area (Å²) in [5.41, 5.74) is 2.96. The topological polar surface area (TPSA) is 51.2 Å². The Labute approximate surface area is 99.9 Å². The van der Waals surface area contributed by atoms with Crippen molar-refractivity contribution in [2.45, 2.75) is 33.3 Å². The number of pyridine rings is 1. The van der Waals surface area contributed by atoms with Gasteiger partial charge in [-0.15, -0.1) is 0 Å². The Balaban J connectivity index is 2.74. The summed E-state index contributed by atoms with van der Waals surface area (Å²) in [5, 5.41) is 0.363. The molecule has 0 spiro atoms. The molecule has 1 aromatic rings. The smallest absolute Gasteiger partial charge is 0.268 e. The summed E-state index contributed by atoms with van der Waals surface area (Å²) < 4.78 is 0. The third-order valence-electron chi connectivity index (χ3n) is 1.68. The van der Waals surface area contributed by atoms with Crippen molar-refractivity contribution < 1.29 is 9.63 Å². The van der Waals surface area contributed by atoms with Crippen LogP contribution in [0.2, 0.25) is 5.02 Å². The molecule has 0 radical (unpaired) electrons. The number of aromatic nitrogens is 1. The fourth-order valence-corrected chi connectivity index (χ4v) is 1.24. The van der Waals surface area contributed by atoms with Crippen LogP contribution >= 0.6 is 11.6 Å². The third kappa shape index (κ3) is 3.79. The van der Waals surface area contributed by atoms with Gasteiger partial charge in [0, 0.05) is 11.9 Å². The van der Waals surface area contributed by atoms with Crippen molar-refractivity contribution in [2.24, 2.45) is 0 Å². The SMILES string of the molecule is Cc1cc(Cl)c(C(=O)NOC(C)(C)C)cn1. The number of amides is 1. The first-order valence-corrected chi connectivity index (χ1v) is 5.28. The highest BCUT2D eigenvalue weighted by atomic mass is 35.5. The van der Waals surface area contributed by atoms with Crippen LogP contribution in [0.5, 0.6) is 0 Å². The van der Waals surface area contributed by atoms with Crippen molar-refractivity contribution in [2.75, 3.05) is 0 Å². The van der Waals surface area contributed by atoms with Crippen LogP contribution in [0, 0.1) is 6.92 Å². The molecule has 0 aromatic carbocycles. The van der Waals surface area contributed by atoms with E-state index in [1.807, 2.05) is 20.8 Å². The summed E-state index contributed by atoms with van der Waals surface area (Å²) in [6, 6.07) is 1.63. The van der Waals surface area contributed by atoms with E-state index in [1.165, 1.54) is 6.20 Å². The molecule has 0 saturated heterocycles. The number of nitrogens with one attached hydrogen (secondary N) is 1. The van der Waals surface area contributed by atoms with Gasteiger partial charge in [0.15, 0.2) is 0 Å². The molecule has 0 aliphatic heterocycles. The minimum absolute atomic E-state index is 0.302. The second kappa shape index (κ2) is 4.80. The Kier molecular flexibility index (Phi) is 3.88. The van der Waals surface area contributed by atoms with Crippen LogP contribution in [-0.4, -0.2) is 16.5 Å². The van der Waals surface area contributed by atoms with Crippen molar-refractivity contribution in [1.29, 1.82) is 0 Å². The summed E-state index contributed by atoms with van der Waals surface area (Å²) in [5.74, 6) is -0.396. The first kappa shape index (κ1) is 12.9. The molecule has 0 saturated carbocycles. The van der Waals surface area contributed by atoms with Gasteiger partial charge in [-0.25, -0.2) is 5.48 Å². The Morgan fingerprint density at radius 2 is 2.12 bits per heavy atom. The maximum Gasteiger partial charge on any atom is 0.277 e. The minimum atomic E-state index is -0.444. The monoisotopic (exact) mass is 242 g/mol. The zero-order valence-corrected chi connectivity index (χ0v) is 10.6. The fraction of sp³-hybridized carbons (Fsp3) is 0.455. The third-order valence-corrected chi connectivity index (χ3v) is 2.00. The van der Waals surface area contributed by atoms with Crippen LogP contribution in [0.3, 0.4) is 0 Å². The highest BCUT2D eigenvalue weighted by Gasteiger charge is 2.16. The predicted molar refractivity (Wildman–Crippen MR) is 62.3 cm³/mol. The first-order chi connectivity index (χ1) is 7.29. The predicted octanol–water partition coefficient (Wildman–Crippen LogP) is 2.50. The number of hydrogen-bond donors (Lipinski definition) is 1. The standard InChI is InChI=1S/C11H15ClN2O2/c1-7-5-9(12)8(6-13-7)10(15)14-16-11(2,3)4/h5-6H,1-4H3,(H,14,15). The molecule has 0 atom stereocenters. The van der Waals surface area contributed by atoms with E-state index in [0.717, 1.165) is 5.69 Å². The summed E-state index contributed by atoms with van der Waals surface area (Å²) in [6.45, 7) is 7.31. The minimum Gasteiger partial charge on any atom is -0.268 e. The van der Waals surface area contributed by atoms with Crippen molar-refractivity contribution in [3.63, 3.8) is 0 Å². The molecule has 88 valence electrons. The van der Waals surface area contributed by atoms with E-state index in [4.69, 9.17) is 16.4 Å². The highest BCUT2D eigenvalue weighted by molar-refractivity contribution is 6.33. The molecule has 1 heterocycles. The van der Waals surface area contributed by atoms with Gasteiger partial charge in [0.2, 0.25) is 0 Å². The summed E-state index contributed by atoms with van der Waals surface area (Å²) in [4.78, 5) is 20.8. The van der Waals surface area contributed by atoms with E-state index < -0.39 is 11.5 Å². The molecule has 0 bridgehead atoms. The lowest BCUT2D eigenvalue weighted by Crippen LogP contribution is -2.33. The molecule has 1 amide bonds. The van der Waals surface area contributed by atoms with Gasteiger partial charge in [0.1, 0.15) is 0 Å². The van der Waals surface area contributed by atoms with Gasteiger partial charge in [-0.1, -0.05) is 11.6 Å².